The van der Waals surface area contributed by atoms with Crippen molar-refractivity contribution in [3.05, 3.63) is 222 Å². The monoisotopic (exact) mass is 715 g/mol. The highest BCUT2D eigenvalue weighted by Gasteiger charge is 2.51. The molecular weight excluding hydrogens is 683 g/mol. The van der Waals surface area contributed by atoms with Gasteiger partial charge in [-0.25, -0.2) is 15.0 Å². The molecule has 1 spiro atoms. The second-order valence-corrected chi connectivity index (χ2v) is 14.3. The molecule has 1 aromatic heterocycles. The molecule has 0 unspecified atom stereocenters. The number of nitrogens with zero attached hydrogens (tertiary/aromatic N) is 3. The summed E-state index contributed by atoms with van der Waals surface area (Å²) in [5, 5.41) is 0. The Hall–Kier alpha value is -7.43. The van der Waals surface area contributed by atoms with Gasteiger partial charge in [-0.2, -0.15) is 0 Å². The summed E-state index contributed by atoms with van der Waals surface area (Å²) in [6, 6.07) is 70.2. The first kappa shape index (κ1) is 32.0. The minimum absolute atomic E-state index is 0.522. The van der Waals surface area contributed by atoms with Crippen molar-refractivity contribution in [1.82, 2.24) is 15.0 Å². The predicted molar refractivity (Wildman–Crippen MR) is 224 cm³/mol. The summed E-state index contributed by atoms with van der Waals surface area (Å²) in [7, 11) is 0. The fourth-order valence-corrected chi connectivity index (χ4v) is 8.80. The molecule has 0 radical (unpaired) electrons. The zero-order valence-corrected chi connectivity index (χ0v) is 30.3. The van der Waals surface area contributed by atoms with Crippen LogP contribution in [0.5, 0.6) is 11.5 Å². The molecule has 0 saturated carbocycles. The molecule has 2 heterocycles. The molecule has 11 rings (SSSR count). The number of fused-ring (bicyclic) bond motifs is 9. The molecule has 0 bridgehead atoms. The first-order chi connectivity index (χ1) is 27.8. The van der Waals surface area contributed by atoms with Gasteiger partial charge in [0.2, 0.25) is 0 Å². The van der Waals surface area contributed by atoms with Crippen LogP contribution in [0.1, 0.15) is 22.3 Å². The van der Waals surface area contributed by atoms with E-state index < -0.39 is 5.41 Å². The lowest BCUT2D eigenvalue weighted by Crippen LogP contribution is -2.32. The summed E-state index contributed by atoms with van der Waals surface area (Å²) in [6.45, 7) is 0. The maximum atomic E-state index is 7.02. The lowest BCUT2D eigenvalue weighted by molar-refractivity contribution is 0.438. The van der Waals surface area contributed by atoms with Crippen LogP contribution in [-0.2, 0) is 5.41 Å². The average Bonchev–Trinajstić information content (AvgIpc) is 3.57. The normalized spacial score (nSPS) is 12.9. The van der Waals surface area contributed by atoms with Gasteiger partial charge in [0.25, 0.3) is 0 Å². The van der Waals surface area contributed by atoms with E-state index in [9.17, 15) is 0 Å². The Morgan fingerprint density at radius 3 is 1.29 bits per heavy atom. The molecule has 0 saturated heterocycles. The average molecular weight is 716 g/mol. The van der Waals surface area contributed by atoms with Crippen molar-refractivity contribution in [3.8, 4) is 79.0 Å². The van der Waals surface area contributed by atoms with Crippen molar-refractivity contribution in [2.45, 2.75) is 5.41 Å². The number of para-hydroxylation sites is 2. The molecule has 0 atom stereocenters. The van der Waals surface area contributed by atoms with Gasteiger partial charge >= 0.3 is 0 Å². The quantitative estimate of drug-likeness (QED) is 0.178. The summed E-state index contributed by atoms with van der Waals surface area (Å²) >= 11 is 0. The molecule has 0 amide bonds. The number of benzene rings is 8. The third-order valence-electron chi connectivity index (χ3n) is 11.2. The molecule has 0 N–H and O–H groups in total. The highest BCUT2D eigenvalue weighted by atomic mass is 16.5. The predicted octanol–water partition coefficient (Wildman–Crippen LogP) is 12.7. The van der Waals surface area contributed by atoms with E-state index in [-0.39, 0.29) is 0 Å². The van der Waals surface area contributed by atoms with E-state index in [4.69, 9.17) is 19.7 Å². The molecule has 8 aromatic carbocycles. The van der Waals surface area contributed by atoms with Gasteiger partial charge < -0.3 is 4.74 Å². The van der Waals surface area contributed by atoms with Crippen molar-refractivity contribution in [3.63, 3.8) is 0 Å². The van der Waals surface area contributed by atoms with Crippen LogP contribution in [0.3, 0.4) is 0 Å². The van der Waals surface area contributed by atoms with E-state index in [0.29, 0.717) is 17.5 Å². The minimum atomic E-state index is -0.522. The molecule has 9 aromatic rings. The van der Waals surface area contributed by atoms with Crippen molar-refractivity contribution in [2.75, 3.05) is 0 Å². The van der Waals surface area contributed by atoms with E-state index in [2.05, 4.69) is 140 Å². The van der Waals surface area contributed by atoms with Crippen molar-refractivity contribution in [2.24, 2.45) is 0 Å². The molecule has 4 heteroatoms. The van der Waals surface area contributed by atoms with Gasteiger partial charge in [-0.1, -0.05) is 194 Å². The van der Waals surface area contributed by atoms with Gasteiger partial charge in [0.15, 0.2) is 17.5 Å². The molecule has 56 heavy (non-hydrogen) atoms. The van der Waals surface area contributed by atoms with E-state index in [0.717, 1.165) is 61.6 Å². The lowest BCUT2D eigenvalue weighted by Gasteiger charge is -2.40. The van der Waals surface area contributed by atoms with E-state index in [1.807, 2.05) is 60.7 Å². The second-order valence-electron chi connectivity index (χ2n) is 14.3. The summed E-state index contributed by atoms with van der Waals surface area (Å²) in [6.07, 6.45) is 0. The van der Waals surface area contributed by atoms with Crippen LogP contribution < -0.4 is 4.74 Å². The summed E-state index contributed by atoms with van der Waals surface area (Å²) in [5.41, 5.74) is 14.0. The third kappa shape index (κ3) is 4.89. The van der Waals surface area contributed by atoms with Gasteiger partial charge in [0.05, 0.1) is 5.41 Å². The Morgan fingerprint density at radius 2 is 0.696 bits per heavy atom. The number of hydrogen-bond donors (Lipinski definition) is 0. The molecule has 0 fully saturated rings. The first-order valence-electron chi connectivity index (χ1n) is 18.9. The number of ether oxygens (including phenoxy) is 1. The van der Waals surface area contributed by atoms with Crippen LogP contribution in [0.2, 0.25) is 0 Å². The van der Waals surface area contributed by atoms with Gasteiger partial charge in [0.1, 0.15) is 11.5 Å². The molecular formula is C52H33N3O. The van der Waals surface area contributed by atoms with Gasteiger partial charge in [-0.3, -0.25) is 0 Å². The Labute approximate surface area is 325 Å². The standard InChI is InChI=1S/C52H33N3O/c1-3-16-35(17-4-1)49-53-50(36-18-5-2-6-19-36)55-51(54-49)37-32-30-34(31-33-37)38-20-7-8-21-39(38)42-24-15-28-46-48(42)56-47-29-14-13-27-45(47)52(46)43-25-11-9-22-40(43)41-23-10-12-26-44(41)52/h1-33H. The van der Waals surface area contributed by atoms with Crippen LogP contribution >= 0.6 is 0 Å². The fraction of sp³-hybridized carbons (Fsp3) is 0.0192. The lowest BCUT2D eigenvalue weighted by atomic mass is 9.65. The molecule has 262 valence electrons. The van der Waals surface area contributed by atoms with Crippen molar-refractivity contribution >= 4 is 0 Å². The Bertz CT molecular complexity index is 2840. The molecule has 2 aliphatic rings. The van der Waals surface area contributed by atoms with Gasteiger partial charge in [-0.15, -0.1) is 0 Å². The highest BCUT2D eigenvalue weighted by Crippen LogP contribution is 2.63. The van der Waals surface area contributed by atoms with Crippen LogP contribution in [-0.4, -0.2) is 15.0 Å². The summed E-state index contributed by atoms with van der Waals surface area (Å²) < 4.78 is 7.02. The fourth-order valence-electron chi connectivity index (χ4n) is 8.80. The second kappa shape index (κ2) is 12.9. The Balaban J connectivity index is 1.05. The van der Waals surface area contributed by atoms with Crippen LogP contribution in [0.4, 0.5) is 0 Å². The summed E-state index contributed by atoms with van der Waals surface area (Å²) in [5.74, 6) is 3.68. The summed E-state index contributed by atoms with van der Waals surface area (Å²) in [4.78, 5) is 14.8. The SMILES string of the molecule is c1ccc(-c2nc(-c3ccccc3)nc(-c3ccc(-c4ccccc4-c4cccc5c4Oc4ccccc4C54c5ccccc5-c5ccccc54)cc3)n2)cc1. The Kier molecular flexibility index (Phi) is 7.36. The van der Waals surface area contributed by atoms with E-state index in [1.54, 1.807) is 0 Å². The molecule has 4 nitrogen and oxygen atoms in total. The zero-order chi connectivity index (χ0) is 37.1. The smallest absolute Gasteiger partial charge is 0.164 e. The Morgan fingerprint density at radius 1 is 0.286 bits per heavy atom. The van der Waals surface area contributed by atoms with Crippen LogP contribution in [0.15, 0.2) is 200 Å². The van der Waals surface area contributed by atoms with Crippen LogP contribution in [0, 0.1) is 0 Å². The maximum Gasteiger partial charge on any atom is 0.164 e. The number of rotatable bonds is 5. The number of hydrogen-bond acceptors (Lipinski definition) is 4. The minimum Gasteiger partial charge on any atom is -0.456 e. The van der Waals surface area contributed by atoms with Crippen molar-refractivity contribution in [1.29, 1.82) is 0 Å². The number of aromatic nitrogens is 3. The van der Waals surface area contributed by atoms with Gasteiger partial charge in [-0.05, 0) is 45.0 Å². The van der Waals surface area contributed by atoms with Crippen LogP contribution in [0.25, 0.3) is 67.5 Å². The van der Waals surface area contributed by atoms with E-state index >= 15 is 0 Å². The van der Waals surface area contributed by atoms with Gasteiger partial charge in [0, 0.05) is 33.4 Å². The maximum absolute atomic E-state index is 7.02. The van der Waals surface area contributed by atoms with E-state index in [1.165, 1.54) is 22.3 Å². The first-order valence-corrected chi connectivity index (χ1v) is 18.9. The topological polar surface area (TPSA) is 47.9 Å². The molecule has 1 aliphatic heterocycles. The zero-order valence-electron chi connectivity index (χ0n) is 30.3. The van der Waals surface area contributed by atoms with Crippen molar-refractivity contribution < 1.29 is 4.74 Å². The molecule has 1 aliphatic carbocycles. The highest BCUT2D eigenvalue weighted by molar-refractivity contribution is 5.93. The largest absolute Gasteiger partial charge is 0.456 e. The third-order valence-corrected chi connectivity index (χ3v) is 11.2.